The molecule has 50 heavy (non-hydrogen) atoms. The zero-order valence-electron chi connectivity index (χ0n) is 28.3. The highest BCUT2D eigenvalue weighted by molar-refractivity contribution is 6.03. The highest BCUT2D eigenvalue weighted by atomic mass is 19.1. The largest absolute Gasteiger partial charge is 0.508 e. The van der Waals surface area contributed by atoms with Crippen molar-refractivity contribution in [1.29, 1.82) is 0 Å². The van der Waals surface area contributed by atoms with Crippen LogP contribution in [-0.2, 0) is 9.47 Å². The van der Waals surface area contributed by atoms with Crippen LogP contribution in [-0.4, -0.2) is 89.7 Å². The number of likely N-dealkylation sites (tertiary alicyclic amines) is 1. The summed E-state index contributed by atoms with van der Waals surface area (Å²) in [5.74, 6) is 1.47. The minimum absolute atomic E-state index is 0.0260. The molecule has 11 heteroatoms. The van der Waals surface area contributed by atoms with Crippen LogP contribution in [0, 0.1) is 29.4 Å². The Kier molecular flexibility index (Phi) is 9.19. The molecule has 4 aliphatic rings. The van der Waals surface area contributed by atoms with Gasteiger partial charge in [-0.3, -0.25) is 9.88 Å². The van der Waals surface area contributed by atoms with Gasteiger partial charge in [-0.15, -0.1) is 6.42 Å². The van der Waals surface area contributed by atoms with Gasteiger partial charge in [0.2, 0.25) is 0 Å². The SMILES string of the molecule is C#Cc1c(F)ccc2cc(O)cc(-c3ncc4c(N5CCCOCC5)nc(OCC56CCCC5N(CCC5CCCO5)CCC6)nc4c3F)c12. The van der Waals surface area contributed by atoms with Crippen LogP contribution in [0.2, 0.25) is 0 Å². The molecule has 2 aromatic carbocycles. The molecule has 1 aliphatic carbocycles. The summed E-state index contributed by atoms with van der Waals surface area (Å²) < 4.78 is 50.0. The number of benzene rings is 2. The standard InChI is InChI=1S/C39H43F2N5O4/c1-2-28-31(40)10-9-25-21-26(47)22-29(33(25)28)35-34(41)36-30(23-42-35)37(46-15-6-18-48-20-17-46)44-38(43-36)50-24-39-12-3-8-32(39)45(14-5-13-39)16-11-27-7-4-19-49-27/h1,9-10,21-23,27,32,47H,3-8,11-20,24H2. The predicted octanol–water partition coefficient (Wildman–Crippen LogP) is 6.62. The topological polar surface area (TPSA) is 93.1 Å². The number of ether oxygens (including phenoxy) is 3. The molecule has 4 fully saturated rings. The van der Waals surface area contributed by atoms with Crippen molar-refractivity contribution in [1.82, 2.24) is 19.9 Å². The number of pyridine rings is 1. The van der Waals surface area contributed by atoms with Crippen molar-refractivity contribution < 1.29 is 28.1 Å². The lowest BCUT2D eigenvalue weighted by Gasteiger charge is -2.46. The zero-order chi connectivity index (χ0) is 34.2. The predicted molar refractivity (Wildman–Crippen MR) is 187 cm³/mol. The lowest BCUT2D eigenvalue weighted by Crippen LogP contribution is -2.52. The van der Waals surface area contributed by atoms with Gasteiger partial charge in [-0.1, -0.05) is 18.4 Å². The summed E-state index contributed by atoms with van der Waals surface area (Å²) in [6.07, 6.45) is 17.3. The Labute approximate surface area is 291 Å². The van der Waals surface area contributed by atoms with Crippen LogP contribution in [0.1, 0.15) is 63.4 Å². The summed E-state index contributed by atoms with van der Waals surface area (Å²) in [7, 11) is 0. The van der Waals surface area contributed by atoms with Crippen LogP contribution in [0.5, 0.6) is 11.8 Å². The number of piperidine rings is 1. The van der Waals surface area contributed by atoms with E-state index in [-0.39, 0.29) is 39.5 Å². The number of anilines is 1. The van der Waals surface area contributed by atoms with Crippen LogP contribution in [0.3, 0.4) is 0 Å². The first-order chi connectivity index (χ1) is 24.4. The molecule has 0 spiro atoms. The molecule has 1 saturated carbocycles. The van der Waals surface area contributed by atoms with Crippen molar-refractivity contribution in [2.24, 2.45) is 5.41 Å². The van der Waals surface area contributed by atoms with Gasteiger partial charge in [0.05, 0.1) is 30.3 Å². The number of nitrogens with zero attached hydrogens (tertiary/aromatic N) is 5. The number of hydrogen-bond donors (Lipinski definition) is 1. The van der Waals surface area contributed by atoms with Crippen molar-refractivity contribution in [3.8, 4) is 35.4 Å². The summed E-state index contributed by atoms with van der Waals surface area (Å²) in [5.41, 5.74) is 0.0626. The molecule has 262 valence electrons. The molecule has 4 aromatic rings. The summed E-state index contributed by atoms with van der Waals surface area (Å²) in [5, 5.41) is 11.8. The third-order valence-electron chi connectivity index (χ3n) is 11.3. The molecule has 3 aliphatic heterocycles. The Morgan fingerprint density at radius 3 is 2.78 bits per heavy atom. The molecule has 0 radical (unpaired) electrons. The van der Waals surface area contributed by atoms with E-state index >= 15 is 4.39 Å². The van der Waals surface area contributed by atoms with E-state index in [1.54, 1.807) is 6.20 Å². The molecule has 2 aromatic heterocycles. The number of terminal acetylenes is 1. The van der Waals surface area contributed by atoms with Crippen molar-refractivity contribution >= 4 is 27.5 Å². The Hall–Kier alpha value is -4.11. The van der Waals surface area contributed by atoms with Gasteiger partial charge in [-0.05, 0) is 81.5 Å². The number of hydrogen-bond acceptors (Lipinski definition) is 9. The van der Waals surface area contributed by atoms with Crippen molar-refractivity contribution in [2.45, 2.75) is 69.9 Å². The highest BCUT2D eigenvalue weighted by Crippen LogP contribution is 2.48. The molecule has 9 nitrogen and oxygen atoms in total. The number of fused-ring (bicyclic) bond motifs is 3. The Balaban J connectivity index is 1.17. The van der Waals surface area contributed by atoms with Gasteiger partial charge in [-0.25, -0.2) is 8.78 Å². The summed E-state index contributed by atoms with van der Waals surface area (Å²) in [4.78, 5) is 18.8. The molecule has 3 unspecified atom stereocenters. The van der Waals surface area contributed by atoms with Gasteiger partial charge < -0.3 is 24.2 Å². The number of phenols is 1. The fraction of sp³-hybridized carbons (Fsp3) is 0.513. The number of aromatic hydroxyl groups is 1. The summed E-state index contributed by atoms with van der Waals surface area (Å²) in [6, 6.07) is 6.10. The first-order valence-electron chi connectivity index (χ1n) is 18.0. The second-order valence-electron chi connectivity index (χ2n) is 14.2. The maximum Gasteiger partial charge on any atom is 0.319 e. The van der Waals surface area contributed by atoms with Crippen molar-refractivity contribution in [3.63, 3.8) is 0 Å². The van der Waals surface area contributed by atoms with Gasteiger partial charge >= 0.3 is 6.01 Å². The van der Waals surface area contributed by atoms with Crippen LogP contribution in [0.25, 0.3) is 32.9 Å². The molecule has 1 N–H and O–H groups in total. The van der Waals surface area contributed by atoms with Gasteiger partial charge in [0.1, 0.15) is 28.6 Å². The molecule has 0 amide bonds. The third-order valence-corrected chi connectivity index (χ3v) is 11.3. The van der Waals surface area contributed by atoms with Crippen LogP contribution in [0.4, 0.5) is 14.6 Å². The smallest absolute Gasteiger partial charge is 0.319 e. The van der Waals surface area contributed by atoms with Gasteiger partial charge in [0.15, 0.2) is 5.82 Å². The number of rotatable bonds is 8. The third kappa shape index (κ3) is 6.12. The maximum atomic E-state index is 16.9. The first-order valence-corrected chi connectivity index (χ1v) is 18.0. The van der Waals surface area contributed by atoms with E-state index in [9.17, 15) is 9.50 Å². The van der Waals surface area contributed by atoms with E-state index in [1.807, 2.05) is 0 Å². The van der Waals surface area contributed by atoms with E-state index in [1.165, 1.54) is 24.3 Å². The van der Waals surface area contributed by atoms with Crippen molar-refractivity contribution in [2.75, 3.05) is 57.5 Å². The monoisotopic (exact) mass is 683 g/mol. The molecule has 5 heterocycles. The fourth-order valence-corrected chi connectivity index (χ4v) is 8.90. The fourth-order valence-electron chi connectivity index (χ4n) is 8.90. The molecule has 3 atom stereocenters. The number of aromatic nitrogens is 3. The van der Waals surface area contributed by atoms with Gasteiger partial charge in [-0.2, -0.15) is 9.97 Å². The van der Waals surface area contributed by atoms with E-state index in [0.29, 0.717) is 67.0 Å². The van der Waals surface area contributed by atoms with E-state index < -0.39 is 11.6 Å². The molecule has 8 rings (SSSR count). The average Bonchev–Trinajstić information content (AvgIpc) is 3.73. The number of phenolic OH excluding ortho intramolecular Hbond substituents is 1. The summed E-state index contributed by atoms with van der Waals surface area (Å²) >= 11 is 0. The Bertz CT molecular complexity index is 1940. The van der Waals surface area contributed by atoms with Crippen LogP contribution < -0.4 is 9.64 Å². The Morgan fingerprint density at radius 2 is 1.92 bits per heavy atom. The molecular formula is C39H43F2N5O4. The quantitative estimate of drug-likeness (QED) is 0.206. The lowest BCUT2D eigenvalue weighted by atomic mass is 9.75. The van der Waals surface area contributed by atoms with E-state index in [4.69, 9.17) is 30.6 Å². The Morgan fingerprint density at radius 1 is 1.02 bits per heavy atom. The first kappa shape index (κ1) is 33.1. The zero-order valence-corrected chi connectivity index (χ0v) is 28.3. The molecule has 3 saturated heterocycles. The van der Waals surface area contributed by atoms with Gasteiger partial charge in [0, 0.05) is 61.5 Å². The average molecular weight is 684 g/mol. The summed E-state index contributed by atoms with van der Waals surface area (Å²) in [6.45, 7) is 5.82. The molecule has 0 bridgehead atoms. The number of halogens is 2. The van der Waals surface area contributed by atoms with Crippen LogP contribution >= 0.6 is 0 Å². The second kappa shape index (κ2) is 13.9. The minimum atomic E-state index is -0.726. The normalized spacial score (nSPS) is 24.4. The second-order valence-corrected chi connectivity index (χ2v) is 14.2. The van der Waals surface area contributed by atoms with E-state index in [0.717, 1.165) is 77.5 Å². The van der Waals surface area contributed by atoms with Gasteiger partial charge in [0.25, 0.3) is 0 Å². The molecular weight excluding hydrogens is 640 g/mol. The lowest BCUT2D eigenvalue weighted by molar-refractivity contribution is -0.00827. The van der Waals surface area contributed by atoms with Crippen molar-refractivity contribution in [3.05, 3.63) is 47.7 Å². The van der Waals surface area contributed by atoms with Crippen LogP contribution in [0.15, 0.2) is 30.5 Å². The van der Waals surface area contributed by atoms with E-state index in [2.05, 4.69) is 20.7 Å². The minimum Gasteiger partial charge on any atom is -0.508 e. The highest BCUT2D eigenvalue weighted by Gasteiger charge is 2.48. The maximum absolute atomic E-state index is 16.9.